The second-order valence-corrected chi connectivity index (χ2v) is 3.86. The molecule has 1 heterocycles. The Bertz CT molecular complexity index is 604. The lowest BCUT2D eigenvalue weighted by molar-refractivity contribution is 0.0698. The zero-order chi connectivity index (χ0) is 13.1. The minimum atomic E-state index is -1.12. The highest BCUT2D eigenvalue weighted by atomic mass is 35.5. The highest BCUT2D eigenvalue weighted by molar-refractivity contribution is 6.31. The number of nitrogens with one attached hydrogen (secondary N) is 1. The van der Waals surface area contributed by atoms with Crippen LogP contribution in [0, 0.1) is 5.82 Å². The van der Waals surface area contributed by atoms with Crippen molar-refractivity contribution in [2.45, 2.75) is 0 Å². The second kappa shape index (κ2) is 5.01. The molecule has 2 rings (SSSR count). The van der Waals surface area contributed by atoms with Gasteiger partial charge in [0.1, 0.15) is 0 Å². The number of carbonyl (C=O) groups is 1. The molecule has 0 saturated carbocycles. The molecule has 0 radical (unpaired) electrons. The van der Waals surface area contributed by atoms with E-state index in [4.69, 9.17) is 16.7 Å². The maximum atomic E-state index is 13.7. The first-order valence-electron chi connectivity index (χ1n) is 4.98. The van der Waals surface area contributed by atoms with Crippen molar-refractivity contribution in [1.29, 1.82) is 0 Å². The van der Waals surface area contributed by atoms with E-state index in [2.05, 4.69) is 10.3 Å². The molecular weight excluding hydrogens is 259 g/mol. The number of aromatic nitrogens is 1. The zero-order valence-electron chi connectivity index (χ0n) is 9.02. The molecule has 0 unspecified atom stereocenters. The standard InChI is InChI=1S/C12H8ClFN2O2/c13-8-2-1-3-9(11(8)14)16-10-6-15-5-4-7(10)12(17)18/h1-6,16H,(H,17,18). The Morgan fingerprint density at radius 3 is 2.83 bits per heavy atom. The van der Waals surface area contributed by atoms with Crippen molar-refractivity contribution >= 4 is 28.9 Å². The van der Waals surface area contributed by atoms with Gasteiger partial charge < -0.3 is 10.4 Å². The molecule has 0 atom stereocenters. The van der Waals surface area contributed by atoms with Gasteiger partial charge in [0, 0.05) is 6.20 Å². The first-order chi connectivity index (χ1) is 8.59. The molecular formula is C12H8ClFN2O2. The predicted molar refractivity (Wildman–Crippen MR) is 65.9 cm³/mol. The Kier molecular flexibility index (Phi) is 3.43. The number of hydrogen-bond acceptors (Lipinski definition) is 3. The van der Waals surface area contributed by atoms with Gasteiger partial charge in [-0.25, -0.2) is 9.18 Å². The van der Waals surface area contributed by atoms with E-state index in [1.807, 2.05) is 0 Å². The molecule has 0 bridgehead atoms. The third kappa shape index (κ3) is 2.41. The average molecular weight is 267 g/mol. The molecule has 0 aliphatic heterocycles. The lowest BCUT2D eigenvalue weighted by Gasteiger charge is -2.10. The summed E-state index contributed by atoms with van der Waals surface area (Å²) in [7, 11) is 0. The Morgan fingerprint density at radius 1 is 1.33 bits per heavy atom. The summed E-state index contributed by atoms with van der Waals surface area (Å²) in [5.41, 5.74) is 0.300. The minimum absolute atomic E-state index is 0.00405. The summed E-state index contributed by atoms with van der Waals surface area (Å²) in [6.45, 7) is 0. The van der Waals surface area contributed by atoms with Crippen molar-refractivity contribution in [1.82, 2.24) is 4.98 Å². The van der Waals surface area contributed by atoms with Gasteiger partial charge in [0.25, 0.3) is 0 Å². The number of nitrogens with zero attached hydrogens (tertiary/aromatic N) is 1. The molecule has 2 aromatic rings. The molecule has 0 spiro atoms. The number of halogens is 2. The molecule has 0 aliphatic carbocycles. The number of pyridine rings is 1. The number of hydrogen-bond donors (Lipinski definition) is 2. The van der Waals surface area contributed by atoms with Crippen LogP contribution in [-0.4, -0.2) is 16.1 Å². The van der Waals surface area contributed by atoms with Crippen LogP contribution in [0.1, 0.15) is 10.4 Å². The summed E-state index contributed by atoms with van der Waals surface area (Å²) in [6, 6.07) is 5.75. The van der Waals surface area contributed by atoms with Gasteiger partial charge in [-0.1, -0.05) is 17.7 Å². The van der Waals surface area contributed by atoms with Crippen molar-refractivity contribution < 1.29 is 14.3 Å². The van der Waals surface area contributed by atoms with E-state index in [1.54, 1.807) is 6.07 Å². The quantitative estimate of drug-likeness (QED) is 0.895. The van der Waals surface area contributed by atoms with Gasteiger partial charge in [0.2, 0.25) is 0 Å². The van der Waals surface area contributed by atoms with Gasteiger partial charge in [-0.2, -0.15) is 0 Å². The number of carboxylic acid groups (broad SMARTS) is 1. The first kappa shape index (κ1) is 12.3. The molecule has 0 fully saturated rings. The first-order valence-corrected chi connectivity index (χ1v) is 5.35. The fraction of sp³-hybridized carbons (Fsp3) is 0. The number of anilines is 2. The lowest BCUT2D eigenvalue weighted by atomic mass is 10.2. The van der Waals surface area contributed by atoms with Crippen molar-refractivity contribution in [2.24, 2.45) is 0 Å². The number of benzene rings is 1. The monoisotopic (exact) mass is 266 g/mol. The Balaban J connectivity index is 2.40. The Hall–Kier alpha value is -2.14. The molecule has 0 saturated heterocycles. The molecule has 4 nitrogen and oxygen atoms in total. The van der Waals surface area contributed by atoms with Gasteiger partial charge >= 0.3 is 5.97 Å². The lowest BCUT2D eigenvalue weighted by Crippen LogP contribution is -2.04. The summed E-state index contributed by atoms with van der Waals surface area (Å²) in [5.74, 6) is -1.76. The van der Waals surface area contributed by atoms with E-state index in [0.717, 1.165) is 0 Å². The van der Waals surface area contributed by atoms with E-state index in [1.165, 1.54) is 30.6 Å². The van der Waals surface area contributed by atoms with Crippen LogP contribution in [0.2, 0.25) is 5.02 Å². The largest absolute Gasteiger partial charge is 0.478 e. The van der Waals surface area contributed by atoms with Crippen molar-refractivity contribution in [3.8, 4) is 0 Å². The number of aromatic carboxylic acids is 1. The predicted octanol–water partition coefficient (Wildman–Crippen LogP) is 3.32. The van der Waals surface area contributed by atoms with Crippen LogP contribution in [0.4, 0.5) is 15.8 Å². The molecule has 92 valence electrons. The average Bonchev–Trinajstić information content (AvgIpc) is 2.35. The summed E-state index contributed by atoms with van der Waals surface area (Å²) in [4.78, 5) is 14.8. The fourth-order valence-corrected chi connectivity index (χ4v) is 1.60. The van der Waals surface area contributed by atoms with E-state index in [9.17, 15) is 9.18 Å². The highest BCUT2D eigenvalue weighted by Gasteiger charge is 2.12. The molecule has 1 aromatic heterocycles. The summed E-state index contributed by atoms with van der Waals surface area (Å²) in [5, 5.41) is 11.6. The third-order valence-electron chi connectivity index (χ3n) is 2.27. The van der Waals surface area contributed by atoms with Gasteiger partial charge in [0.05, 0.1) is 28.2 Å². The van der Waals surface area contributed by atoms with Gasteiger partial charge in [-0.15, -0.1) is 0 Å². The Labute approximate surface area is 107 Å². The molecule has 6 heteroatoms. The summed E-state index contributed by atoms with van der Waals surface area (Å²) in [6.07, 6.45) is 2.66. The molecule has 18 heavy (non-hydrogen) atoms. The van der Waals surface area contributed by atoms with Crippen molar-refractivity contribution in [3.05, 3.63) is 53.1 Å². The van der Waals surface area contributed by atoms with Crippen LogP contribution < -0.4 is 5.32 Å². The minimum Gasteiger partial charge on any atom is -0.478 e. The van der Waals surface area contributed by atoms with Crippen molar-refractivity contribution in [2.75, 3.05) is 5.32 Å². The molecule has 0 aliphatic rings. The van der Waals surface area contributed by atoms with Crippen LogP contribution in [0.15, 0.2) is 36.7 Å². The van der Waals surface area contributed by atoms with Gasteiger partial charge in [-0.05, 0) is 18.2 Å². The van der Waals surface area contributed by atoms with Gasteiger partial charge in [-0.3, -0.25) is 4.98 Å². The van der Waals surface area contributed by atoms with E-state index >= 15 is 0 Å². The van der Waals surface area contributed by atoms with Crippen molar-refractivity contribution in [3.63, 3.8) is 0 Å². The molecule has 1 aromatic carbocycles. The molecule has 0 amide bonds. The van der Waals surface area contributed by atoms with Gasteiger partial charge in [0.15, 0.2) is 5.82 Å². The third-order valence-corrected chi connectivity index (χ3v) is 2.56. The topological polar surface area (TPSA) is 62.2 Å². The number of carboxylic acids is 1. The van der Waals surface area contributed by atoms with Crippen LogP contribution in [0.3, 0.4) is 0 Å². The fourth-order valence-electron chi connectivity index (χ4n) is 1.43. The number of rotatable bonds is 3. The zero-order valence-corrected chi connectivity index (χ0v) is 9.78. The molecule has 2 N–H and O–H groups in total. The Morgan fingerprint density at radius 2 is 2.11 bits per heavy atom. The maximum Gasteiger partial charge on any atom is 0.337 e. The normalized spacial score (nSPS) is 10.1. The van der Waals surface area contributed by atoms with Crippen LogP contribution >= 0.6 is 11.6 Å². The van der Waals surface area contributed by atoms with Crippen LogP contribution in [-0.2, 0) is 0 Å². The smallest absolute Gasteiger partial charge is 0.337 e. The SMILES string of the molecule is O=C(O)c1ccncc1Nc1cccc(Cl)c1F. The summed E-state index contributed by atoms with van der Waals surface area (Å²) >= 11 is 5.64. The summed E-state index contributed by atoms with van der Waals surface area (Å²) < 4.78 is 13.7. The van der Waals surface area contributed by atoms with Crippen LogP contribution in [0.5, 0.6) is 0 Å². The van der Waals surface area contributed by atoms with E-state index < -0.39 is 11.8 Å². The van der Waals surface area contributed by atoms with E-state index in [0.29, 0.717) is 0 Å². The highest BCUT2D eigenvalue weighted by Crippen LogP contribution is 2.26. The maximum absolute atomic E-state index is 13.7. The second-order valence-electron chi connectivity index (χ2n) is 3.45. The van der Waals surface area contributed by atoms with E-state index in [-0.39, 0.29) is 22.0 Å². The van der Waals surface area contributed by atoms with Crippen LogP contribution in [0.25, 0.3) is 0 Å².